The molecule has 0 spiro atoms. The van der Waals surface area contributed by atoms with E-state index in [2.05, 4.69) is 60.3 Å². The first kappa shape index (κ1) is 19.5. The lowest BCUT2D eigenvalue weighted by Gasteiger charge is -2.39. The van der Waals surface area contributed by atoms with Crippen molar-refractivity contribution in [3.63, 3.8) is 0 Å². The van der Waals surface area contributed by atoms with Gasteiger partial charge in [0.1, 0.15) is 0 Å². The van der Waals surface area contributed by atoms with E-state index in [0.29, 0.717) is 18.0 Å². The Morgan fingerprint density at radius 2 is 2.21 bits per heavy atom. The van der Waals surface area contributed by atoms with E-state index in [1.165, 1.54) is 37.2 Å². The van der Waals surface area contributed by atoms with Crippen LogP contribution in [0, 0.1) is 5.92 Å². The smallest absolute Gasteiger partial charge is 0.193 e. The van der Waals surface area contributed by atoms with Gasteiger partial charge in [-0.15, -0.1) is 11.3 Å². The van der Waals surface area contributed by atoms with Crippen molar-refractivity contribution in [2.45, 2.75) is 38.3 Å². The van der Waals surface area contributed by atoms with Gasteiger partial charge in [-0.3, -0.25) is 9.89 Å². The fourth-order valence-electron chi connectivity index (χ4n) is 4.56. The number of piperidine rings is 1. The maximum absolute atomic E-state index is 4.62. The summed E-state index contributed by atoms with van der Waals surface area (Å²) in [7, 11) is 1.91. The minimum absolute atomic E-state index is 0.437. The maximum Gasteiger partial charge on any atom is 0.193 e. The van der Waals surface area contributed by atoms with Gasteiger partial charge < -0.3 is 14.8 Å². The van der Waals surface area contributed by atoms with E-state index in [-0.39, 0.29) is 0 Å². The fourth-order valence-corrected chi connectivity index (χ4v) is 5.42. The minimum atomic E-state index is 0.437. The number of likely N-dealkylation sites (tertiary alicyclic amines) is 2. The standard InChI is InChI=1S/C21H32N6S/c1-17-7-11-26(15-19(17)27-12-8-23-16-27)21(22-2)24-14-18(20-6-5-13-28-20)25-9-3-4-10-25/h5-6,8,12-13,16-19H,3-4,7,9-11,14-15H2,1-2H3,(H,22,24). The predicted molar refractivity (Wildman–Crippen MR) is 116 cm³/mol. The quantitative estimate of drug-likeness (QED) is 0.618. The summed E-state index contributed by atoms with van der Waals surface area (Å²) >= 11 is 1.87. The van der Waals surface area contributed by atoms with Crippen LogP contribution in [-0.2, 0) is 0 Å². The van der Waals surface area contributed by atoms with Crippen molar-refractivity contribution in [3.8, 4) is 0 Å². The van der Waals surface area contributed by atoms with Crippen LogP contribution in [0.4, 0.5) is 0 Å². The molecule has 3 atom stereocenters. The normalized spacial score (nSPS) is 25.2. The first-order chi connectivity index (χ1) is 13.8. The molecule has 2 saturated heterocycles. The topological polar surface area (TPSA) is 48.7 Å². The largest absolute Gasteiger partial charge is 0.354 e. The number of aromatic nitrogens is 2. The number of guanidine groups is 1. The van der Waals surface area contributed by atoms with Gasteiger partial charge >= 0.3 is 0 Å². The van der Waals surface area contributed by atoms with Gasteiger partial charge in [-0.2, -0.15) is 0 Å². The van der Waals surface area contributed by atoms with Crippen LogP contribution in [-0.4, -0.2) is 65.1 Å². The van der Waals surface area contributed by atoms with Crippen molar-refractivity contribution in [1.82, 2.24) is 24.7 Å². The first-order valence-corrected chi connectivity index (χ1v) is 11.3. The van der Waals surface area contributed by atoms with Crippen LogP contribution in [0.5, 0.6) is 0 Å². The van der Waals surface area contributed by atoms with Crippen LogP contribution in [0.1, 0.15) is 43.1 Å². The average molecular weight is 401 g/mol. The van der Waals surface area contributed by atoms with Crippen molar-refractivity contribution in [2.75, 3.05) is 39.8 Å². The molecule has 0 aromatic carbocycles. The molecule has 152 valence electrons. The lowest BCUT2D eigenvalue weighted by atomic mass is 9.93. The second-order valence-electron chi connectivity index (χ2n) is 7.99. The molecule has 2 aromatic heterocycles. The van der Waals surface area contributed by atoms with Crippen LogP contribution in [0.25, 0.3) is 0 Å². The Hall–Kier alpha value is -1.86. The molecule has 2 fully saturated rings. The summed E-state index contributed by atoms with van der Waals surface area (Å²) in [5.74, 6) is 1.67. The van der Waals surface area contributed by atoms with E-state index >= 15 is 0 Å². The van der Waals surface area contributed by atoms with Crippen LogP contribution in [0.2, 0.25) is 0 Å². The van der Waals surface area contributed by atoms with Gasteiger partial charge in [0.15, 0.2) is 5.96 Å². The Morgan fingerprint density at radius 3 is 2.89 bits per heavy atom. The van der Waals surface area contributed by atoms with Crippen molar-refractivity contribution in [1.29, 1.82) is 0 Å². The number of hydrogen-bond acceptors (Lipinski definition) is 4. The zero-order chi connectivity index (χ0) is 19.3. The van der Waals surface area contributed by atoms with Gasteiger partial charge in [0.2, 0.25) is 0 Å². The SMILES string of the molecule is CN=C(NCC(c1cccs1)N1CCCC1)N1CCC(C)C(n2ccnc2)C1. The molecule has 2 aromatic rings. The summed E-state index contributed by atoms with van der Waals surface area (Å²) in [6.45, 7) is 7.69. The van der Waals surface area contributed by atoms with Gasteiger partial charge in [-0.05, 0) is 49.7 Å². The third-order valence-corrected chi connectivity index (χ3v) is 7.22. The van der Waals surface area contributed by atoms with Crippen molar-refractivity contribution < 1.29 is 0 Å². The molecule has 0 amide bonds. The summed E-state index contributed by atoms with van der Waals surface area (Å²) in [4.78, 5) is 15.4. The Balaban J connectivity index is 1.42. The van der Waals surface area contributed by atoms with Gasteiger partial charge in [-0.25, -0.2) is 4.98 Å². The molecule has 6 nitrogen and oxygen atoms in total. The molecule has 0 radical (unpaired) electrons. The maximum atomic E-state index is 4.62. The van der Waals surface area contributed by atoms with E-state index in [9.17, 15) is 0 Å². The highest BCUT2D eigenvalue weighted by molar-refractivity contribution is 7.10. The molecule has 0 aliphatic carbocycles. The van der Waals surface area contributed by atoms with Crippen LogP contribution < -0.4 is 5.32 Å². The highest BCUT2D eigenvalue weighted by Gasteiger charge is 2.30. The Labute approximate surface area is 172 Å². The third-order valence-electron chi connectivity index (χ3n) is 6.24. The number of nitrogens with zero attached hydrogens (tertiary/aromatic N) is 5. The number of imidazole rings is 1. The Morgan fingerprint density at radius 1 is 1.36 bits per heavy atom. The van der Waals surface area contributed by atoms with Crippen LogP contribution in [0.3, 0.4) is 0 Å². The predicted octanol–water partition coefficient (Wildman–Crippen LogP) is 3.24. The fraction of sp³-hybridized carbons (Fsp3) is 0.619. The number of nitrogens with one attached hydrogen (secondary N) is 1. The van der Waals surface area contributed by atoms with Gasteiger partial charge in [0.05, 0.1) is 18.4 Å². The van der Waals surface area contributed by atoms with Crippen molar-refractivity contribution >= 4 is 17.3 Å². The van der Waals surface area contributed by atoms with E-state index in [4.69, 9.17) is 0 Å². The summed E-state index contributed by atoms with van der Waals surface area (Å²) in [6, 6.07) is 5.32. The molecular weight excluding hydrogens is 368 g/mol. The summed E-state index contributed by atoms with van der Waals surface area (Å²) in [5.41, 5.74) is 0. The van der Waals surface area contributed by atoms with Crippen molar-refractivity contribution in [2.24, 2.45) is 10.9 Å². The molecule has 1 N–H and O–H groups in total. The van der Waals surface area contributed by atoms with E-state index in [1.807, 2.05) is 30.9 Å². The second-order valence-corrected chi connectivity index (χ2v) is 8.97. The number of aliphatic imine (C=N–C) groups is 1. The lowest BCUT2D eigenvalue weighted by molar-refractivity contribution is 0.186. The summed E-state index contributed by atoms with van der Waals surface area (Å²) < 4.78 is 2.25. The van der Waals surface area contributed by atoms with Gasteiger partial charge in [0.25, 0.3) is 0 Å². The number of rotatable bonds is 5. The third kappa shape index (κ3) is 4.25. The molecule has 4 heterocycles. The minimum Gasteiger partial charge on any atom is -0.354 e. The monoisotopic (exact) mass is 400 g/mol. The molecule has 3 unspecified atom stereocenters. The summed E-state index contributed by atoms with van der Waals surface area (Å²) in [5, 5.41) is 5.89. The number of hydrogen-bond donors (Lipinski definition) is 1. The van der Waals surface area contributed by atoms with Crippen molar-refractivity contribution in [3.05, 3.63) is 41.1 Å². The van der Waals surface area contributed by atoms with Crippen LogP contribution >= 0.6 is 11.3 Å². The Bertz CT molecular complexity index is 735. The summed E-state index contributed by atoms with van der Waals surface area (Å²) in [6.07, 6.45) is 9.70. The first-order valence-electron chi connectivity index (χ1n) is 10.5. The highest BCUT2D eigenvalue weighted by Crippen LogP contribution is 2.29. The number of thiophene rings is 1. The van der Waals surface area contributed by atoms with Crippen LogP contribution in [0.15, 0.2) is 41.2 Å². The van der Waals surface area contributed by atoms with E-state index in [0.717, 1.165) is 25.6 Å². The van der Waals surface area contributed by atoms with E-state index in [1.54, 1.807) is 0 Å². The molecule has 0 bridgehead atoms. The molecule has 4 rings (SSSR count). The zero-order valence-electron chi connectivity index (χ0n) is 17.0. The zero-order valence-corrected chi connectivity index (χ0v) is 17.8. The van der Waals surface area contributed by atoms with Gasteiger partial charge in [-0.1, -0.05) is 13.0 Å². The average Bonchev–Trinajstić information content (AvgIpc) is 3.50. The second kappa shape index (κ2) is 9.09. The van der Waals surface area contributed by atoms with E-state index < -0.39 is 0 Å². The highest BCUT2D eigenvalue weighted by atomic mass is 32.1. The molecule has 2 aliphatic heterocycles. The molecule has 28 heavy (non-hydrogen) atoms. The Kier molecular flexibility index (Phi) is 6.32. The lowest BCUT2D eigenvalue weighted by Crippen LogP contribution is -2.50. The van der Waals surface area contributed by atoms with Gasteiger partial charge in [0, 0.05) is 44.0 Å². The molecular formula is C21H32N6S. The molecule has 0 saturated carbocycles. The molecule has 7 heteroatoms. The molecule has 2 aliphatic rings.